The molecule has 3 rings (SSSR count). The van der Waals surface area contributed by atoms with E-state index >= 15 is 0 Å². The molecule has 2 heterocycles. The molecule has 122 valence electrons. The van der Waals surface area contributed by atoms with E-state index in [0.717, 1.165) is 0 Å². The molecule has 0 bridgehead atoms. The third kappa shape index (κ3) is 3.42. The van der Waals surface area contributed by atoms with Crippen LogP contribution in [0.25, 0.3) is 0 Å². The lowest BCUT2D eigenvalue weighted by atomic mass is 10.1. The maximum atomic E-state index is 12.7. The van der Waals surface area contributed by atoms with E-state index in [2.05, 4.69) is 5.10 Å². The van der Waals surface area contributed by atoms with Crippen LogP contribution in [0.2, 0.25) is 0 Å². The lowest BCUT2D eigenvalue weighted by Crippen LogP contribution is -2.51. The number of hydrogen-bond donors (Lipinski definition) is 0. The molecule has 0 saturated carbocycles. The van der Waals surface area contributed by atoms with Gasteiger partial charge in [-0.25, -0.2) is 5.01 Å². The standard InChI is InChI=1S/C17H21N3O3/c1-12-10-19(11-13(2)23-12)17(22)15-8-9-16(21)20(18-15)14-6-4-3-5-7-14/h3-7,12-13H,8-11H2,1-2H3/t12-,13+. The molecule has 1 fully saturated rings. The molecule has 0 spiro atoms. The zero-order valence-electron chi connectivity index (χ0n) is 13.4. The number of para-hydroxylation sites is 1. The second kappa shape index (κ2) is 6.50. The molecule has 1 aromatic rings. The molecule has 0 aliphatic carbocycles. The summed E-state index contributed by atoms with van der Waals surface area (Å²) in [5.74, 6) is -0.183. The normalized spacial score (nSPS) is 25.3. The van der Waals surface area contributed by atoms with E-state index in [9.17, 15) is 9.59 Å². The zero-order chi connectivity index (χ0) is 16.4. The number of hydrogen-bond acceptors (Lipinski definition) is 4. The predicted octanol–water partition coefficient (Wildman–Crippen LogP) is 1.81. The molecule has 2 aliphatic rings. The summed E-state index contributed by atoms with van der Waals surface area (Å²) in [4.78, 5) is 26.6. The van der Waals surface area contributed by atoms with Gasteiger partial charge in [0.15, 0.2) is 0 Å². The van der Waals surface area contributed by atoms with Crippen LogP contribution >= 0.6 is 0 Å². The van der Waals surface area contributed by atoms with Crippen LogP contribution in [0, 0.1) is 0 Å². The first-order valence-corrected chi connectivity index (χ1v) is 7.95. The first-order chi connectivity index (χ1) is 11.0. The number of anilines is 1. The molecule has 1 aromatic carbocycles. The van der Waals surface area contributed by atoms with Gasteiger partial charge < -0.3 is 9.64 Å². The van der Waals surface area contributed by atoms with Crippen LogP contribution in [0.4, 0.5) is 5.69 Å². The van der Waals surface area contributed by atoms with E-state index in [1.165, 1.54) is 5.01 Å². The fourth-order valence-corrected chi connectivity index (χ4v) is 3.00. The predicted molar refractivity (Wildman–Crippen MR) is 87.2 cm³/mol. The third-order valence-electron chi connectivity index (χ3n) is 3.99. The number of ether oxygens (including phenoxy) is 1. The summed E-state index contributed by atoms with van der Waals surface area (Å²) in [7, 11) is 0. The van der Waals surface area contributed by atoms with Crippen molar-refractivity contribution in [2.45, 2.75) is 38.9 Å². The number of morpholine rings is 1. The van der Waals surface area contributed by atoms with Crippen LogP contribution < -0.4 is 5.01 Å². The number of carbonyl (C=O) groups is 2. The van der Waals surface area contributed by atoms with E-state index < -0.39 is 0 Å². The zero-order valence-corrected chi connectivity index (χ0v) is 13.4. The number of amides is 2. The Morgan fingerprint density at radius 2 is 1.78 bits per heavy atom. The Hall–Kier alpha value is -2.21. The molecule has 0 N–H and O–H groups in total. The van der Waals surface area contributed by atoms with Crippen molar-refractivity contribution in [3.05, 3.63) is 30.3 Å². The lowest BCUT2D eigenvalue weighted by molar-refractivity contribution is -0.136. The van der Waals surface area contributed by atoms with Gasteiger partial charge in [-0.2, -0.15) is 5.10 Å². The molecule has 0 unspecified atom stereocenters. The second-order valence-corrected chi connectivity index (χ2v) is 6.06. The summed E-state index contributed by atoms with van der Waals surface area (Å²) < 4.78 is 5.66. The molecule has 23 heavy (non-hydrogen) atoms. The highest BCUT2D eigenvalue weighted by atomic mass is 16.5. The van der Waals surface area contributed by atoms with Gasteiger partial charge in [0.1, 0.15) is 5.71 Å². The monoisotopic (exact) mass is 315 g/mol. The fraction of sp³-hybridized carbons (Fsp3) is 0.471. The fourth-order valence-electron chi connectivity index (χ4n) is 3.00. The Balaban J connectivity index is 1.81. The van der Waals surface area contributed by atoms with Crippen molar-refractivity contribution in [3.63, 3.8) is 0 Å². The van der Waals surface area contributed by atoms with Gasteiger partial charge in [-0.1, -0.05) is 18.2 Å². The minimum Gasteiger partial charge on any atom is -0.372 e. The second-order valence-electron chi connectivity index (χ2n) is 6.06. The van der Waals surface area contributed by atoms with Crippen molar-refractivity contribution in [1.29, 1.82) is 0 Å². The highest BCUT2D eigenvalue weighted by Crippen LogP contribution is 2.21. The number of carbonyl (C=O) groups excluding carboxylic acids is 2. The average Bonchev–Trinajstić information content (AvgIpc) is 2.54. The number of nitrogens with zero attached hydrogens (tertiary/aromatic N) is 3. The first-order valence-electron chi connectivity index (χ1n) is 7.95. The van der Waals surface area contributed by atoms with Crippen molar-refractivity contribution in [2.24, 2.45) is 5.10 Å². The Bertz CT molecular complexity index is 619. The largest absolute Gasteiger partial charge is 0.372 e. The van der Waals surface area contributed by atoms with Crippen molar-refractivity contribution >= 4 is 23.2 Å². The van der Waals surface area contributed by atoms with E-state index in [1.807, 2.05) is 44.2 Å². The van der Waals surface area contributed by atoms with Crippen LogP contribution in [0.1, 0.15) is 26.7 Å². The van der Waals surface area contributed by atoms with Gasteiger partial charge in [0.05, 0.1) is 17.9 Å². The Morgan fingerprint density at radius 1 is 1.13 bits per heavy atom. The summed E-state index contributed by atoms with van der Waals surface area (Å²) in [6.45, 7) is 5.03. The summed E-state index contributed by atoms with van der Waals surface area (Å²) in [5.41, 5.74) is 1.13. The Labute approximate surface area is 135 Å². The van der Waals surface area contributed by atoms with E-state index in [4.69, 9.17) is 4.74 Å². The highest BCUT2D eigenvalue weighted by Gasteiger charge is 2.32. The van der Waals surface area contributed by atoms with Crippen LogP contribution in [-0.4, -0.2) is 47.7 Å². The minimum atomic E-state index is -0.0968. The molecule has 0 aromatic heterocycles. The first kappa shape index (κ1) is 15.7. The molecule has 1 saturated heterocycles. The molecular formula is C17H21N3O3. The number of rotatable bonds is 2. The molecule has 0 radical (unpaired) electrons. The maximum Gasteiger partial charge on any atom is 0.270 e. The molecule has 2 atom stereocenters. The number of hydrazone groups is 1. The van der Waals surface area contributed by atoms with E-state index in [-0.39, 0.29) is 24.0 Å². The van der Waals surface area contributed by atoms with Crippen molar-refractivity contribution in [1.82, 2.24) is 4.90 Å². The molecule has 2 amide bonds. The van der Waals surface area contributed by atoms with Gasteiger partial charge in [0.2, 0.25) is 5.91 Å². The molecular weight excluding hydrogens is 294 g/mol. The van der Waals surface area contributed by atoms with Gasteiger partial charge in [-0.15, -0.1) is 0 Å². The van der Waals surface area contributed by atoms with Gasteiger partial charge in [0.25, 0.3) is 5.91 Å². The van der Waals surface area contributed by atoms with Gasteiger partial charge in [-0.05, 0) is 26.0 Å². The summed E-state index contributed by atoms with van der Waals surface area (Å²) >= 11 is 0. The highest BCUT2D eigenvalue weighted by molar-refractivity contribution is 6.40. The lowest BCUT2D eigenvalue weighted by Gasteiger charge is -2.36. The van der Waals surface area contributed by atoms with Crippen LogP contribution in [0.3, 0.4) is 0 Å². The maximum absolute atomic E-state index is 12.7. The average molecular weight is 315 g/mol. The Morgan fingerprint density at radius 3 is 2.43 bits per heavy atom. The van der Waals surface area contributed by atoms with Gasteiger partial charge in [-0.3, -0.25) is 9.59 Å². The third-order valence-corrected chi connectivity index (χ3v) is 3.99. The van der Waals surface area contributed by atoms with Crippen LogP contribution in [0.5, 0.6) is 0 Å². The molecule has 6 nitrogen and oxygen atoms in total. The van der Waals surface area contributed by atoms with E-state index in [0.29, 0.717) is 37.3 Å². The van der Waals surface area contributed by atoms with Crippen molar-refractivity contribution in [2.75, 3.05) is 18.1 Å². The minimum absolute atomic E-state index is 0.0127. The summed E-state index contributed by atoms with van der Waals surface area (Å²) in [5, 5.41) is 5.66. The topological polar surface area (TPSA) is 62.2 Å². The van der Waals surface area contributed by atoms with Gasteiger partial charge >= 0.3 is 0 Å². The molecule has 2 aliphatic heterocycles. The quantitative estimate of drug-likeness (QED) is 0.836. The summed E-state index contributed by atoms with van der Waals surface area (Å²) in [6.07, 6.45) is 0.716. The Kier molecular flexibility index (Phi) is 4.43. The number of benzene rings is 1. The smallest absolute Gasteiger partial charge is 0.270 e. The van der Waals surface area contributed by atoms with Gasteiger partial charge in [0, 0.05) is 25.9 Å². The van der Waals surface area contributed by atoms with Crippen molar-refractivity contribution in [3.8, 4) is 0 Å². The molecule has 6 heteroatoms. The summed E-state index contributed by atoms with van der Waals surface area (Å²) in [6, 6.07) is 9.20. The SMILES string of the molecule is C[C@@H]1CN(C(=O)C2=NN(c3ccccc3)C(=O)CC2)C[C@H](C)O1. The van der Waals surface area contributed by atoms with Crippen LogP contribution in [-0.2, 0) is 14.3 Å². The van der Waals surface area contributed by atoms with Crippen molar-refractivity contribution < 1.29 is 14.3 Å². The van der Waals surface area contributed by atoms with Crippen LogP contribution in [0.15, 0.2) is 35.4 Å². The van der Waals surface area contributed by atoms with E-state index in [1.54, 1.807) is 4.90 Å².